The van der Waals surface area contributed by atoms with Crippen molar-refractivity contribution in [2.75, 3.05) is 25.5 Å². The minimum Gasteiger partial charge on any atom is -0.507 e. The first-order valence-electron chi connectivity index (χ1n) is 7.66. The van der Waals surface area contributed by atoms with Crippen LogP contribution < -0.4 is 10.1 Å². The molecule has 2 rings (SSSR count). The number of nitrogens with one attached hydrogen (secondary N) is 1. The number of benzene rings is 2. The minimum absolute atomic E-state index is 0.0588. The molecule has 6 nitrogen and oxygen atoms in total. The van der Waals surface area contributed by atoms with Crippen molar-refractivity contribution in [1.82, 2.24) is 4.90 Å². The number of carbonyl (C=O) groups excluding carboxylic acids is 2. The van der Waals surface area contributed by atoms with Crippen molar-refractivity contribution < 1.29 is 19.4 Å². The fourth-order valence-corrected chi connectivity index (χ4v) is 2.42. The molecule has 7 heteroatoms. The van der Waals surface area contributed by atoms with Gasteiger partial charge in [-0.25, -0.2) is 0 Å². The lowest BCUT2D eigenvalue weighted by Crippen LogP contribution is -2.37. The van der Waals surface area contributed by atoms with Crippen molar-refractivity contribution in [3.63, 3.8) is 0 Å². The molecule has 132 valence electrons. The van der Waals surface area contributed by atoms with Gasteiger partial charge in [-0.05, 0) is 37.3 Å². The van der Waals surface area contributed by atoms with E-state index < -0.39 is 5.91 Å². The number of phenols is 1. The summed E-state index contributed by atoms with van der Waals surface area (Å²) >= 11 is 5.88. The summed E-state index contributed by atoms with van der Waals surface area (Å²) in [5.74, 6) is -0.389. The number of amides is 2. The maximum Gasteiger partial charge on any atom is 0.258 e. The van der Waals surface area contributed by atoms with Crippen LogP contribution in [0.1, 0.15) is 17.3 Å². The van der Waals surface area contributed by atoms with Crippen LogP contribution in [-0.4, -0.2) is 42.0 Å². The molecular formula is C18H19ClN2O4. The molecule has 0 fully saturated rings. The molecule has 0 bridgehead atoms. The maximum absolute atomic E-state index is 12.5. The van der Waals surface area contributed by atoms with Crippen LogP contribution in [0.25, 0.3) is 0 Å². The number of nitrogens with zero attached hydrogens (tertiary/aromatic N) is 1. The summed E-state index contributed by atoms with van der Waals surface area (Å²) in [6.45, 7) is 1.90. The van der Waals surface area contributed by atoms with E-state index in [0.717, 1.165) is 0 Å². The first kappa shape index (κ1) is 18.6. The molecule has 2 aromatic carbocycles. The van der Waals surface area contributed by atoms with Crippen LogP contribution in [0.15, 0.2) is 42.5 Å². The van der Waals surface area contributed by atoms with Gasteiger partial charge in [0, 0.05) is 23.3 Å². The Morgan fingerprint density at radius 3 is 2.68 bits per heavy atom. The molecule has 2 amide bonds. The highest BCUT2D eigenvalue weighted by Crippen LogP contribution is 2.23. The third kappa shape index (κ3) is 4.87. The van der Waals surface area contributed by atoms with Gasteiger partial charge in [-0.15, -0.1) is 0 Å². The van der Waals surface area contributed by atoms with Crippen molar-refractivity contribution in [1.29, 1.82) is 0 Å². The van der Waals surface area contributed by atoms with Gasteiger partial charge in [-0.3, -0.25) is 9.59 Å². The fourth-order valence-electron chi connectivity index (χ4n) is 2.25. The van der Waals surface area contributed by atoms with E-state index in [9.17, 15) is 14.7 Å². The van der Waals surface area contributed by atoms with Crippen molar-refractivity contribution in [3.05, 3.63) is 53.1 Å². The molecule has 0 radical (unpaired) electrons. The van der Waals surface area contributed by atoms with E-state index in [0.29, 0.717) is 23.0 Å². The van der Waals surface area contributed by atoms with Crippen LogP contribution in [0, 0.1) is 0 Å². The number of aromatic hydroxyl groups is 1. The highest BCUT2D eigenvalue weighted by atomic mass is 35.5. The Bertz CT molecular complexity index is 779. The summed E-state index contributed by atoms with van der Waals surface area (Å²) in [5, 5.41) is 12.9. The van der Waals surface area contributed by atoms with Crippen LogP contribution in [0.5, 0.6) is 11.5 Å². The van der Waals surface area contributed by atoms with Crippen molar-refractivity contribution in [2.24, 2.45) is 0 Å². The van der Waals surface area contributed by atoms with Crippen LogP contribution in [0.4, 0.5) is 5.69 Å². The van der Waals surface area contributed by atoms with Gasteiger partial charge < -0.3 is 20.1 Å². The average molecular weight is 363 g/mol. The Kier molecular flexibility index (Phi) is 6.25. The van der Waals surface area contributed by atoms with E-state index in [1.165, 1.54) is 30.2 Å². The lowest BCUT2D eigenvalue weighted by Gasteiger charge is -2.21. The van der Waals surface area contributed by atoms with Crippen molar-refractivity contribution >= 4 is 29.1 Å². The molecule has 25 heavy (non-hydrogen) atoms. The van der Waals surface area contributed by atoms with Crippen LogP contribution in [0.2, 0.25) is 5.02 Å². The summed E-state index contributed by atoms with van der Waals surface area (Å²) < 4.78 is 5.10. The normalized spacial score (nSPS) is 10.2. The highest BCUT2D eigenvalue weighted by molar-refractivity contribution is 6.31. The zero-order chi connectivity index (χ0) is 18.4. The van der Waals surface area contributed by atoms with Crippen LogP contribution in [-0.2, 0) is 4.79 Å². The summed E-state index contributed by atoms with van der Waals surface area (Å²) in [5.41, 5.74) is 0.627. The monoisotopic (exact) mass is 362 g/mol. The van der Waals surface area contributed by atoms with Gasteiger partial charge in [0.25, 0.3) is 5.91 Å². The highest BCUT2D eigenvalue weighted by Gasteiger charge is 2.20. The molecule has 2 N–H and O–H groups in total. The first-order chi connectivity index (χ1) is 11.9. The molecule has 0 spiro atoms. The van der Waals surface area contributed by atoms with Gasteiger partial charge >= 0.3 is 0 Å². The summed E-state index contributed by atoms with van der Waals surface area (Å²) in [7, 11) is 1.54. The Morgan fingerprint density at radius 1 is 1.24 bits per heavy atom. The number of carbonyl (C=O) groups is 2. The number of hydrogen-bond donors (Lipinski definition) is 2. The second kappa shape index (κ2) is 8.39. The Balaban J connectivity index is 2.08. The number of ether oxygens (including phenoxy) is 1. The topological polar surface area (TPSA) is 78.9 Å². The van der Waals surface area contributed by atoms with Gasteiger partial charge in [0.05, 0.1) is 12.7 Å². The Hall–Kier alpha value is -2.73. The lowest BCUT2D eigenvalue weighted by atomic mass is 10.1. The average Bonchev–Trinajstić information content (AvgIpc) is 2.61. The van der Waals surface area contributed by atoms with Crippen LogP contribution in [0.3, 0.4) is 0 Å². The lowest BCUT2D eigenvalue weighted by molar-refractivity contribution is -0.116. The second-order valence-electron chi connectivity index (χ2n) is 5.26. The fraction of sp³-hybridized carbons (Fsp3) is 0.222. The summed E-state index contributed by atoms with van der Waals surface area (Å²) in [4.78, 5) is 26.1. The van der Waals surface area contributed by atoms with Crippen molar-refractivity contribution in [2.45, 2.75) is 6.92 Å². The maximum atomic E-state index is 12.5. The van der Waals surface area contributed by atoms with E-state index in [-0.39, 0.29) is 23.8 Å². The Labute approximate surface area is 151 Å². The molecule has 0 unspecified atom stereocenters. The zero-order valence-corrected chi connectivity index (χ0v) is 14.7. The van der Waals surface area contributed by atoms with Gasteiger partial charge in [-0.2, -0.15) is 0 Å². The van der Waals surface area contributed by atoms with Crippen LogP contribution >= 0.6 is 11.6 Å². The van der Waals surface area contributed by atoms with Gasteiger partial charge in [0.1, 0.15) is 18.0 Å². The minimum atomic E-state index is -0.469. The van der Waals surface area contributed by atoms with E-state index in [1.54, 1.807) is 31.2 Å². The van der Waals surface area contributed by atoms with Gasteiger partial charge in [0.15, 0.2) is 0 Å². The molecule has 0 saturated carbocycles. The van der Waals surface area contributed by atoms with Crippen molar-refractivity contribution in [3.8, 4) is 11.5 Å². The van der Waals surface area contributed by atoms with E-state index in [4.69, 9.17) is 16.3 Å². The Morgan fingerprint density at radius 2 is 2.00 bits per heavy atom. The molecule has 0 aliphatic rings. The molecule has 0 aromatic heterocycles. The molecule has 0 heterocycles. The van der Waals surface area contributed by atoms with Gasteiger partial charge in [0.2, 0.25) is 5.91 Å². The predicted molar refractivity (Wildman–Crippen MR) is 96.3 cm³/mol. The summed E-state index contributed by atoms with van der Waals surface area (Å²) in [6.07, 6.45) is 0. The number of methoxy groups -OCH3 is 1. The van der Waals surface area contributed by atoms with E-state index in [2.05, 4.69) is 5.32 Å². The number of likely N-dealkylation sites (N-methyl/N-ethyl adjacent to an activating group) is 1. The molecular weight excluding hydrogens is 344 g/mol. The second-order valence-corrected chi connectivity index (χ2v) is 5.70. The number of phenolic OH excluding ortho intramolecular Hbond substituents is 1. The number of anilines is 1. The molecule has 0 atom stereocenters. The number of rotatable bonds is 6. The standard InChI is InChI=1S/C18H19ClN2O4/c1-3-21(18(24)15-9-12(19)7-8-16(15)22)11-17(23)20-13-5-4-6-14(10-13)25-2/h4-10,22H,3,11H2,1-2H3,(H,20,23). The number of hydrogen-bond acceptors (Lipinski definition) is 4. The molecule has 0 aliphatic carbocycles. The molecule has 2 aromatic rings. The van der Waals surface area contributed by atoms with E-state index >= 15 is 0 Å². The largest absolute Gasteiger partial charge is 0.507 e. The zero-order valence-electron chi connectivity index (χ0n) is 14.0. The third-order valence-electron chi connectivity index (χ3n) is 3.55. The van der Waals surface area contributed by atoms with Gasteiger partial charge in [-0.1, -0.05) is 17.7 Å². The molecule has 0 aliphatic heterocycles. The first-order valence-corrected chi connectivity index (χ1v) is 8.04. The molecule has 0 saturated heterocycles. The smallest absolute Gasteiger partial charge is 0.258 e. The third-order valence-corrected chi connectivity index (χ3v) is 3.78. The quantitative estimate of drug-likeness (QED) is 0.827. The SMILES string of the molecule is CCN(CC(=O)Nc1cccc(OC)c1)C(=O)c1cc(Cl)ccc1O. The summed E-state index contributed by atoms with van der Waals surface area (Å²) in [6, 6.07) is 11.1. The number of halogens is 1. The van der Waals surface area contributed by atoms with E-state index in [1.807, 2.05) is 0 Å². The predicted octanol–water partition coefficient (Wildman–Crippen LogP) is 3.16.